The molecule has 0 radical (unpaired) electrons. The van der Waals surface area contributed by atoms with Crippen LogP contribution in [-0.4, -0.2) is 26.4 Å². The summed E-state index contributed by atoms with van der Waals surface area (Å²) < 4.78 is 38.4. The minimum absolute atomic E-state index is 0.230. The molecule has 0 atom stereocenters. The zero-order chi connectivity index (χ0) is 19.0. The molecule has 4 rings (SSSR count). The van der Waals surface area contributed by atoms with Gasteiger partial charge >= 0.3 is 6.18 Å². The van der Waals surface area contributed by atoms with E-state index < -0.39 is 17.6 Å². The Morgan fingerprint density at radius 1 is 1.26 bits per heavy atom. The first kappa shape index (κ1) is 17.9. The summed E-state index contributed by atoms with van der Waals surface area (Å²) in [5, 5.41) is 1.99. The minimum Gasteiger partial charge on any atom is -0.303 e. The highest BCUT2D eigenvalue weighted by Gasteiger charge is 2.35. The number of hydrogen-bond acceptors (Lipinski definition) is 5. The van der Waals surface area contributed by atoms with Crippen molar-refractivity contribution in [3.8, 4) is 10.6 Å². The molecule has 0 spiro atoms. The van der Waals surface area contributed by atoms with Crippen molar-refractivity contribution >= 4 is 11.3 Å². The minimum atomic E-state index is -4.65. The zero-order valence-electron chi connectivity index (χ0n) is 14.1. The molecule has 1 aliphatic heterocycles. The third kappa shape index (κ3) is 3.79. The Kier molecular flexibility index (Phi) is 4.56. The van der Waals surface area contributed by atoms with Crippen LogP contribution in [-0.2, 0) is 25.7 Å². The van der Waals surface area contributed by atoms with Crippen LogP contribution in [0.1, 0.15) is 22.6 Å². The molecule has 0 saturated heterocycles. The average molecular weight is 392 g/mol. The van der Waals surface area contributed by atoms with Gasteiger partial charge in [-0.3, -0.25) is 14.7 Å². The van der Waals surface area contributed by atoms with Gasteiger partial charge in [0.05, 0.1) is 21.8 Å². The number of alkyl halides is 3. The molecule has 0 unspecified atom stereocenters. The molecule has 0 bridgehead atoms. The number of nitrogens with zero attached hydrogens (tertiary/aromatic N) is 3. The second kappa shape index (κ2) is 6.90. The van der Waals surface area contributed by atoms with Crippen LogP contribution in [0.4, 0.5) is 13.2 Å². The van der Waals surface area contributed by atoms with Crippen LogP contribution in [0.5, 0.6) is 0 Å². The van der Waals surface area contributed by atoms with E-state index in [0.717, 1.165) is 16.1 Å². The van der Waals surface area contributed by atoms with Crippen molar-refractivity contribution in [3.63, 3.8) is 0 Å². The molecule has 0 amide bonds. The van der Waals surface area contributed by atoms with Gasteiger partial charge in [0.15, 0.2) is 0 Å². The van der Waals surface area contributed by atoms with Crippen molar-refractivity contribution in [2.24, 2.45) is 0 Å². The lowest BCUT2D eigenvalue weighted by atomic mass is 10.1. The first-order valence-corrected chi connectivity index (χ1v) is 9.18. The topological polar surface area (TPSA) is 61.9 Å². The molecule has 140 valence electrons. The highest BCUT2D eigenvalue weighted by Crippen LogP contribution is 2.27. The molecule has 1 N–H and O–H groups in total. The number of aromatic nitrogens is 3. The van der Waals surface area contributed by atoms with E-state index in [1.807, 2.05) is 39.5 Å². The van der Waals surface area contributed by atoms with Crippen LogP contribution in [0.15, 0.2) is 40.6 Å². The molecule has 1 aliphatic rings. The summed E-state index contributed by atoms with van der Waals surface area (Å²) in [7, 11) is 0. The Labute approximate surface area is 156 Å². The maximum atomic E-state index is 12.8. The van der Waals surface area contributed by atoms with E-state index in [1.165, 1.54) is 0 Å². The van der Waals surface area contributed by atoms with Gasteiger partial charge in [0.2, 0.25) is 5.82 Å². The third-order valence-corrected chi connectivity index (χ3v) is 5.31. The van der Waals surface area contributed by atoms with Crippen molar-refractivity contribution in [2.45, 2.75) is 25.7 Å². The summed E-state index contributed by atoms with van der Waals surface area (Å²) in [6.07, 6.45) is -2.55. The van der Waals surface area contributed by atoms with Crippen molar-refractivity contribution in [3.05, 3.63) is 68.8 Å². The van der Waals surface area contributed by atoms with Crippen LogP contribution in [0.3, 0.4) is 0 Å². The maximum absolute atomic E-state index is 12.8. The largest absolute Gasteiger partial charge is 0.449 e. The predicted molar refractivity (Wildman–Crippen MR) is 95.2 cm³/mol. The van der Waals surface area contributed by atoms with Crippen molar-refractivity contribution < 1.29 is 13.2 Å². The monoisotopic (exact) mass is 392 g/mol. The number of fused-ring (bicyclic) bond motifs is 1. The van der Waals surface area contributed by atoms with Gasteiger partial charge in [0, 0.05) is 32.3 Å². The van der Waals surface area contributed by atoms with E-state index >= 15 is 0 Å². The number of nitrogens with one attached hydrogen (secondary N) is 1. The summed E-state index contributed by atoms with van der Waals surface area (Å²) in [6.45, 7) is 1.37. The van der Waals surface area contributed by atoms with Crippen molar-refractivity contribution in [2.75, 3.05) is 6.54 Å². The highest BCUT2D eigenvalue weighted by atomic mass is 32.1. The summed E-state index contributed by atoms with van der Waals surface area (Å²) in [6, 6.07) is 7.90. The lowest BCUT2D eigenvalue weighted by molar-refractivity contribution is -0.145. The molecule has 9 heteroatoms. The van der Waals surface area contributed by atoms with E-state index in [-0.39, 0.29) is 12.2 Å². The predicted octanol–water partition coefficient (Wildman–Crippen LogP) is 3.47. The van der Waals surface area contributed by atoms with Gasteiger partial charge in [-0.05, 0) is 23.1 Å². The quantitative estimate of drug-likeness (QED) is 0.742. The van der Waals surface area contributed by atoms with Crippen LogP contribution in [0, 0.1) is 0 Å². The van der Waals surface area contributed by atoms with E-state index in [0.29, 0.717) is 25.1 Å². The van der Waals surface area contributed by atoms with Gasteiger partial charge in [0.1, 0.15) is 0 Å². The number of hydrogen-bond donors (Lipinski definition) is 1. The molecule has 3 aromatic rings. The molecule has 5 nitrogen and oxygen atoms in total. The lowest BCUT2D eigenvalue weighted by Crippen LogP contribution is -2.36. The molecule has 4 heterocycles. The van der Waals surface area contributed by atoms with Gasteiger partial charge in [-0.25, -0.2) is 4.98 Å². The van der Waals surface area contributed by atoms with Crippen LogP contribution in [0.2, 0.25) is 0 Å². The Morgan fingerprint density at radius 2 is 2.11 bits per heavy atom. The maximum Gasteiger partial charge on any atom is 0.449 e. The number of rotatable bonds is 3. The Morgan fingerprint density at radius 3 is 2.78 bits per heavy atom. The van der Waals surface area contributed by atoms with E-state index in [4.69, 9.17) is 0 Å². The standard InChI is InChI=1S/C18H15F3N4OS/c19-18(20,21)17-23-13-5-6-25(10-12(13)16(26)24-17)9-11-3-4-14(22-8-11)15-2-1-7-27-15/h1-4,7-8H,5-6,9-10H2,(H,23,24,26). The van der Waals surface area contributed by atoms with Crippen LogP contribution < -0.4 is 5.56 Å². The smallest absolute Gasteiger partial charge is 0.303 e. The van der Waals surface area contributed by atoms with E-state index in [1.54, 1.807) is 17.5 Å². The first-order valence-electron chi connectivity index (χ1n) is 8.30. The zero-order valence-corrected chi connectivity index (χ0v) is 14.9. The molecular formula is C18H15F3N4OS. The Bertz CT molecular complexity index is 997. The highest BCUT2D eigenvalue weighted by molar-refractivity contribution is 7.13. The number of H-pyrrole nitrogens is 1. The number of pyridine rings is 1. The molecule has 0 saturated carbocycles. The Balaban J connectivity index is 1.49. The van der Waals surface area contributed by atoms with Gasteiger partial charge in [-0.1, -0.05) is 12.1 Å². The van der Waals surface area contributed by atoms with E-state index in [2.05, 4.69) is 9.97 Å². The summed E-state index contributed by atoms with van der Waals surface area (Å²) in [5.74, 6) is -1.23. The van der Waals surface area contributed by atoms with Gasteiger partial charge in [0.25, 0.3) is 5.56 Å². The molecule has 0 aliphatic carbocycles. The fraction of sp³-hybridized carbons (Fsp3) is 0.278. The van der Waals surface area contributed by atoms with Crippen LogP contribution in [0.25, 0.3) is 10.6 Å². The molecular weight excluding hydrogens is 377 g/mol. The normalized spacial score (nSPS) is 14.9. The fourth-order valence-electron chi connectivity index (χ4n) is 3.10. The lowest BCUT2D eigenvalue weighted by Gasteiger charge is -2.27. The van der Waals surface area contributed by atoms with Gasteiger partial charge in [-0.15, -0.1) is 11.3 Å². The fourth-order valence-corrected chi connectivity index (χ4v) is 3.80. The van der Waals surface area contributed by atoms with E-state index in [9.17, 15) is 18.0 Å². The molecule has 3 aromatic heterocycles. The van der Waals surface area contributed by atoms with Gasteiger partial charge < -0.3 is 4.98 Å². The summed E-state index contributed by atoms with van der Waals surface area (Å²) in [5.41, 5.74) is 1.70. The third-order valence-electron chi connectivity index (χ3n) is 4.42. The summed E-state index contributed by atoms with van der Waals surface area (Å²) >= 11 is 1.62. The van der Waals surface area contributed by atoms with Gasteiger partial charge in [-0.2, -0.15) is 13.2 Å². The number of thiophene rings is 1. The number of aromatic amines is 1. The SMILES string of the molecule is O=c1[nH]c(C(F)(F)F)nc2c1CN(Cc1ccc(-c3cccs3)nc1)CC2. The second-order valence-electron chi connectivity index (χ2n) is 6.33. The van der Waals surface area contributed by atoms with Crippen molar-refractivity contribution in [1.29, 1.82) is 0 Å². The second-order valence-corrected chi connectivity index (χ2v) is 7.27. The Hall–Kier alpha value is -2.52. The summed E-state index contributed by atoms with van der Waals surface area (Å²) in [4.78, 5) is 25.1. The molecule has 0 aromatic carbocycles. The number of halogens is 3. The molecule has 27 heavy (non-hydrogen) atoms. The first-order chi connectivity index (χ1) is 12.9. The van der Waals surface area contributed by atoms with Crippen molar-refractivity contribution in [1.82, 2.24) is 19.9 Å². The average Bonchev–Trinajstić information content (AvgIpc) is 3.16. The van der Waals surface area contributed by atoms with Crippen LogP contribution >= 0.6 is 11.3 Å². The molecule has 0 fully saturated rings.